The van der Waals surface area contributed by atoms with E-state index in [2.05, 4.69) is 4.98 Å². The van der Waals surface area contributed by atoms with E-state index in [1.165, 1.54) is 19.3 Å². The standard InChI is InChI=1S/C13H18N2OS/c16-13(11-7-6-8-14-12(11)17)15-9-4-2-1-3-5-10-15/h6-8H,1-5,9-10H2,(H,14,17). The number of rotatable bonds is 1. The Hall–Kier alpha value is -1.16. The topological polar surface area (TPSA) is 36.1 Å². The fourth-order valence-electron chi connectivity index (χ4n) is 2.21. The zero-order valence-corrected chi connectivity index (χ0v) is 10.8. The third-order valence-electron chi connectivity index (χ3n) is 3.19. The van der Waals surface area contributed by atoms with Crippen LogP contribution in [0.2, 0.25) is 0 Å². The van der Waals surface area contributed by atoms with E-state index in [1.54, 1.807) is 12.3 Å². The highest BCUT2D eigenvalue weighted by Gasteiger charge is 2.17. The molecule has 92 valence electrons. The summed E-state index contributed by atoms with van der Waals surface area (Å²) < 4.78 is 0.541. The maximum absolute atomic E-state index is 12.3. The normalized spacial score (nSPS) is 17.3. The van der Waals surface area contributed by atoms with Crippen LogP contribution in [0.25, 0.3) is 0 Å². The first-order valence-electron chi connectivity index (χ1n) is 6.26. The van der Waals surface area contributed by atoms with Crippen LogP contribution >= 0.6 is 12.2 Å². The van der Waals surface area contributed by atoms with Gasteiger partial charge in [-0.15, -0.1) is 0 Å². The van der Waals surface area contributed by atoms with Gasteiger partial charge >= 0.3 is 0 Å². The van der Waals surface area contributed by atoms with Crippen molar-refractivity contribution in [2.24, 2.45) is 0 Å². The quantitative estimate of drug-likeness (QED) is 0.777. The lowest BCUT2D eigenvalue weighted by Gasteiger charge is -2.24. The lowest BCUT2D eigenvalue weighted by atomic mass is 10.1. The van der Waals surface area contributed by atoms with Gasteiger partial charge in [-0.05, 0) is 25.0 Å². The summed E-state index contributed by atoms with van der Waals surface area (Å²) in [5.74, 6) is 0.0775. The summed E-state index contributed by atoms with van der Waals surface area (Å²) in [6.45, 7) is 1.73. The van der Waals surface area contributed by atoms with Gasteiger partial charge in [0, 0.05) is 19.3 Å². The monoisotopic (exact) mass is 250 g/mol. The average Bonchev–Trinajstić information content (AvgIpc) is 2.28. The molecule has 1 aromatic rings. The molecule has 1 aromatic heterocycles. The van der Waals surface area contributed by atoms with Gasteiger partial charge in [0.05, 0.1) is 5.56 Å². The molecule has 1 N–H and O–H groups in total. The first kappa shape index (κ1) is 12.3. The van der Waals surface area contributed by atoms with Gasteiger partial charge in [-0.2, -0.15) is 0 Å². The highest BCUT2D eigenvalue weighted by Crippen LogP contribution is 2.13. The molecule has 0 aliphatic carbocycles. The van der Waals surface area contributed by atoms with Gasteiger partial charge < -0.3 is 9.88 Å². The number of aromatic nitrogens is 1. The Balaban J connectivity index is 2.13. The molecular formula is C13H18N2OS. The summed E-state index contributed by atoms with van der Waals surface area (Å²) in [6, 6.07) is 3.63. The largest absolute Gasteiger partial charge is 0.352 e. The summed E-state index contributed by atoms with van der Waals surface area (Å²) in [5.41, 5.74) is 0.628. The van der Waals surface area contributed by atoms with Crippen molar-refractivity contribution in [3.8, 4) is 0 Å². The molecule has 1 amide bonds. The maximum atomic E-state index is 12.3. The van der Waals surface area contributed by atoms with E-state index >= 15 is 0 Å². The third kappa shape index (κ3) is 3.16. The van der Waals surface area contributed by atoms with E-state index in [-0.39, 0.29) is 5.91 Å². The van der Waals surface area contributed by atoms with Crippen molar-refractivity contribution in [2.45, 2.75) is 32.1 Å². The number of aromatic amines is 1. The molecule has 0 unspecified atom stereocenters. The Labute approximate surface area is 107 Å². The van der Waals surface area contributed by atoms with Crippen molar-refractivity contribution in [3.63, 3.8) is 0 Å². The summed E-state index contributed by atoms with van der Waals surface area (Å²) in [5, 5.41) is 0. The molecule has 1 fully saturated rings. The number of nitrogens with zero attached hydrogens (tertiary/aromatic N) is 1. The number of pyridine rings is 1. The molecule has 0 spiro atoms. The van der Waals surface area contributed by atoms with Crippen molar-refractivity contribution >= 4 is 18.1 Å². The minimum atomic E-state index is 0.0775. The predicted molar refractivity (Wildman–Crippen MR) is 70.6 cm³/mol. The van der Waals surface area contributed by atoms with Gasteiger partial charge in [0.15, 0.2) is 0 Å². The molecule has 1 aliphatic heterocycles. The molecule has 4 heteroatoms. The van der Waals surface area contributed by atoms with Gasteiger partial charge in [-0.1, -0.05) is 31.5 Å². The minimum absolute atomic E-state index is 0.0775. The van der Waals surface area contributed by atoms with Crippen LogP contribution in [0.15, 0.2) is 18.3 Å². The summed E-state index contributed by atoms with van der Waals surface area (Å²) >= 11 is 5.16. The molecule has 0 aromatic carbocycles. The predicted octanol–water partition coefficient (Wildman–Crippen LogP) is 3.15. The molecule has 17 heavy (non-hydrogen) atoms. The van der Waals surface area contributed by atoms with E-state index in [1.807, 2.05) is 11.0 Å². The Morgan fingerprint density at radius 1 is 1.18 bits per heavy atom. The van der Waals surface area contributed by atoms with Gasteiger partial charge in [-0.3, -0.25) is 4.79 Å². The van der Waals surface area contributed by atoms with Crippen LogP contribution in [0.3, 0.4) is 0 Å². The second-order valence-electron chi connectivity index (χ2n) is 4.47. The van der Waals surface area contributed by atoms with Crippen LogP contribution < -0.4 is 0 Å². The van der Waals surface area contributed by atoms with Crippen LogP contribution in [0.1, 0.15) is 42.5 Å². The first-order valence-corrected chi connectivity index (χ1v) is 6.67. The molecule has 3 nitrogen and oxygen atoms in total. The van der Waals surface area contributed by atoms with Gasteiger partial charge in [0.2, 0.25) is 0 Å². The molecule has 0 bridgehead atoms. The van der Waals surface area contributed by atoms with Crippen LogP contribution in [0, 0.1) is 4.64 Å². The van der Waals surface area contributed by atoms with Gasteiger partial charge in [0.25, 0.3) is 5.91 Å². The molecule has 0 radical (unpaired) electrons. The van der Waals surface area contributed by atoms with Gasteiger partial charge in [0.1, 0.15) is 4.64 Å². The number of H-pyrrole nitrogens is 1. The fraction of sp³-hybridized carbons (Fsp3) is 0.538. The maximum Gasteiger partial charge on any atom is 0.256 e. The molecule has 1 saturated heterocycles. The average molecular weight is 250 g/mol. The zero-order chi connectivity index (χ0) is 12.1. The number of nitrogens with one attached hydrogen (secondary N) is 1. The zero-order valence-electron chi connectivity index (χ0n) is 9.95. The second kappa shape index (κ2) is 5.96. The van der Waals surface area contributed by atoms with Gasteiger partial charge in [-0.25, -0.2) is 0 Å². The van der Waals surface area contributed by atoms with E-state index in [0.29, 0.717) is 10.2 Å². The van der Waals surface area contributed by atoms with E-state index < -0.39 is 0 Å². The number of amides is 1. The second-order valence-corrected chi connectivity index (χ2v) is 4.88. The summed E-state index contributed by atoms with van der Waals surface area (Å²) in [6.07, 6.45) is 7.72. The number of carbonyl (C=O) groups excluding carboxylic acids is 1. The summed E-state index contributed by atoms with van der Waals surface area (Å²) in [7, 11) is 0. The van der Waals surface area contributed by atoms with Crippen LogP contribution in [0.5, 0.6) is 0 Å². The van der Waals surface area contributed by atoms with Crippen LogP contribution in [-0.4, -0.2) is 28.9 Å². The van der Waals surface area contributed by atoms with Crippen molar-refractivity contribution in [1.29, 1.82) is 0 Å². The molecule has 2 heterocycles. The smallest absolute Gasteiger partial charge is 0.256 e. The third-order valence-corrected chi connectivity index (χ3v) is 3.53. The molecule has 0 saturated carbocycles. The number of hydrogen-bond acceptors (Lipinski definition) is 2. The summed E-state index contributed by atoms with van der Waals surface area (Å²) in [4.78, 5) is 17.2. The van der Waals surface area contributed by atoms with E-state index in [0.717, 1.165) is 25.9 Å². The van der Waals surface area contributed by atoms with Crippen molar-refractivity contribution in [3.05, 3.63) is 28.5 Å². The number of likely N-dealkylation sites (tertiary alicyclic amines) is 1. The van der Waals surface area contributed by atoms with E-state index in [9.17, 15) is 4.79 Å². The molecule has 0 atom stereocenters. The highest BCUT2D eigenvalue weighted by molar-refractivity contribution is 7.71. The number of carbonyl (C=O) groups is 1. The first-order chi connectivity index (χ1) is 8.29. The fourth-order valence-corrected chi connectivity index (χ4v) is 2.43. The van der Waals surface area contributed by atoms with Crippen LogP contribution in [-0.2, 0) is 0 Å². The van der Waals surface area contributed by atoms with Crippen LogP contribution in [0.4, 0.5) is 0 Å². The molecule has 2 rings (SSSR count). The molecule has 1 aliphatic rings. The Morgan fingerprint density at radius 2 is 1.82 bits per heavy atom. The van der Waals surface area contributed by atoms with Crippen molar-refractivity contribution in [1.82, 2.24) is 9.88 Å². The number of hydrogen-bond donors (Lipinski definition) is 1. The Bertz CT molecular complexity index is 433. The Morgan fingerprint density at radius 3 is 2.47 bits per heavy atom. The van der Waals surface area contributed by atoms with E-state index in [4.69, 9.17) is 12.2 Å². The SMILES string of the molecule is O=C(c1ccc[nH]c1=S)N1CCCCCCC1. The Kier molecular flexibility index (Phi) is 4.31. The lowest BCUT2D eigenvalue weighted by molar-refractivity contribution is 0.0741. The molecular weight excluding hydrogens is 232 g/mol. The van der Waals surface area contributed by atoms with Crippen molar-refractivity contribution < 1.29 is 4.79 Å². The highest BCUT2D eigenvalue weighted by atomic mass is 32.1. The van der Waals surface area contributed by atoms with Crippen molar-refractivity contribution in [2.75, 3.05) is 13.1 Å². The minimum Gasteiger partial charge on any atom is -0.352 e. The lowest BCUT2D eigenvalue weighted by Crippen LogP contribution is -2.34.